The number of amides is 1. The molecule has 3 aromatic rings. The third-order valence-electron chi connectivity index (χ3n) is 4.06. The van der Waals surface area contributed by atoms with Crippen LogP contribution < -0.4 is 5.32 Å². The Kier molecular flexibility index (Phi) is 3.74. The predicted octanol–water partition coefficient (Wildman–Crippen LogP) is 2.51. The van der Waals surface area contributed by atoms with E-state index in [0.717, 1.165) is 11.1 Å². The number of carbonyl (C=O) groups is 2. The van der Waals surface area contributed by atoms with Crippen LogP contribution in [0.15, 0.2) is 54.9 Å². The van der Waals surface area contributed by atoms with Crippen molar-refractivity contribution in [3.05, 3.63) is 77.1 Å². The van der Waals surface area contributed by atoms with Crippen molar-refractivity contribution in [2.24, 2.45) is 0 Å². The minimum Gasteiger partial charge on any atom is -0.454 e. The Hall–Kier alpha value is -3.48. The summed E-state index contributed by atoms with van der Waals surface area (Å²) in [5, 5.41) is 8.86. The summed E-state index contributed by atoms with van der Waals surface area (Å²) < 4.78 is 5.52. The van der Waals surface area contributed by atoms with Gasteiger partial charge < -0.3 is 4.74 Å². The van der Waals surface area contributed by atoms with Crippen molar-refractivity contribution in [3.8, 4) is 0 Å². The van der Waals surface area contributed by atoms with Crippen LogP contribution in [0.1, 0.15) is 37.9 Å². The third-order valence-corrected chi connectivity index (χ3v) is 4.06. The van der Waals surface area contributed by atoms with Crippen LogP contribution in [0.2, 0.25) is 0 Å². The van der Waals surface area contributed by atoms with E-state index < -0.39 is 0 Å². The summed E-state index contributed by atoms with van der Waals surface area (Å²) in [6.07, 6.45) is 1.48. The molecule has 124 valence electrons. The minimum atomic E-state index is -0.378. The lowest BCUT2D eigenvalue weighted by Crippen LogP contribution is -2.23. The van der Waals surface area contributed by atoms with E-state index in [1.165, 1.54) is 6.33 Å². The fraction of sp³-hybridized carbons (Fsp3) is 0.111. The molecule has 7 nitrogen and oxygen atoms in total. The Morgan fingerprint density at radius 2 is 2.04 bits per heavy atom. The number of aromatic nitrogens is 3. The number of ether oxygens (including phenoxy) is 1. The van der Waals surface area contributed by atoms with Crippen LogP contribution in [0.4, 0.5) is 5.95 Å². The number of nitrogens with one attached hydrogen (secondary N) is 2. The van der Waals surface area contributed by atoms with E-state index in [9.17, 15) is 9.59 Å². The monoisotopic (exact) mass is 334 g/mol. The number of rotatable bonds is 3. The molecule has 7 heteroatoms. The lowest BCUT2D eigenvalue weighted by Gasteiger charge is -2.25. The number of esters is 1. The van der Waals surface area contributed by atoms with E-state index in [1.54, 1.807) is 18.2 Å². The quantitative estimate of drug-likeness (QED) is 0.717. The summed E-state index contributed by atoms with van der Waals surface area (Å²) in [4.78, 5) is 28.4. The lowest BCUT2D eigenvalue weighted by molar-refractivity contribution is 0.0252. The van der Waals surface area contributed by atoms with Crippen LogP contribution in [0, 0.1) is 0 Å². The number of hydrogen-bond acceptors (Lipinski definition) is 5. The first kappa shape index (κ1) is 15.1. The van der Waals surface area contributed by atoms with Gasteiger partial charge in [-0.05, 0) is 29.3 Å². The Balaban J connectivity index is 1.61. The molecule has 0 unspecified atom stereocenters. The summed E-state index contributed by atoms with van der Waals surface area (Å²) in [7, 11) is 0. The van der Waals surface area contributed by atoms with Crippen molar-refractivity contribution in [1.82, 2.24) is 15.2 Å². The number of hydrogen-bond donors (Lipinski definition) is 2. The van der Waals surface area contributed by atoms with Gasteiger partial charge >= 0.3 is 5.97 Å². The van der Waals surface area contributed by atoms with Gasteiger partial charge in [0.05, 0.1) is 5.56 Å². The number of aromatic amines is 1. The summed E-state index contributed by atoms with van der Waals surface area (Å²) in [5.41, 5.74) is 2.65. The fourth-order valence-corrected chi connectivity index (χ4v) is 2.84. The molecule has 1 aliphatic rings. The largest absolute Gasteiger partial charge is 0.454 e. The first-order valence-electron chi connectivity index (χ1n) is 7.76. The molecule has 4 rings (SSSR count). The molecule has 2 N–H and O–H groups in total. The molecular formula is C18H14N4O3. The van der Waals surface area contributed by atoms with Crippen molar-refractivity contribution < 1.29 is 14.3 Å². The van der Waals surface area contributed by atoms with Gasteiger partial charge in [-0.25, -0.2) is 9.89 Å². The number of nitrogens with zero attached hydrogens (tertiary/aromatic N) is 2. The highest BCUT2D eigenvalue weighted by Crippen LogP contribution is 2.31. The van der Waals surface area contributed by atoms with Gasteiger partial charge in [-0.3, -0.25) is 10.1 Å². The Labute approximate surface area is 143 Å². The molecule has 1 aromatic heterocycles. The zero-order valence-electron chi connectivity index (χ0n) is 13.1. The molecule has 0 saturated carbocycles. The zero-order chi connectivity index (χ0) is 17.2. The van der Waals surface area contributed by atoms with Gasteiger partial charge in [0, 0.05) is 12.0 Å². The van der Waals surface area contributed by atoms with E-state index >= 15 is 0 Å². The number of benzene rings is 2. The second-order valence-corrected chi connectivity index (χ2v) is 5.67. The average Bonchev–Trinajstić information content (AvgIpc) is 3.15. The number of H-pyrrole nitrogens is 1. The second-order valence-electron chi connectivity index (χ2n) is 5.67. The van der Waals surface area contributed by atoms with Crippen LogP contribution in [-0.4, -0.2) is 27.1 Å². The molecular weight excluding hydrogens is 320 g/mol. The van der Waals surface area contributed by atoms with Crippen LogP contribution in [0.5, 0.6) is 0 Å². The van der Waals surface area contributed by atoms with E-state index in [1.807, 2.05) is 30.3 Å². The number of fused-ring (bicyclic) bond motifs is 1. The predicted molar refractivity (Wildman–Crippen MR) is 89.1 cm³/mol. The lowest BCUT2D eigenvalue weighted by atomic mass is 9.93. The SMILES string of the molecule is O=C(Nc1ncn[nH]1)c1ccc2c(c1)C[C@H](c1ccccc1)OC2=O. The topological polar surface area (TPSA) is 97.0 Å². The summed E-state index contributed by atoms with van der Waals surface area (Å²) >= 11 is 0. The Bertz CT molecular complexity index is 923. The number of carbonyl (C=O) groups excluding carboxylic acids is 2. The molecule has 0 saturated heterocycles. The van der Waals surface area contributed by atoms with Crippen molar-refractivity contribution in [3.63, 3.8) is 0 Å². The molecule has 0 radical (unpaired) electrons. The van der Waals surface area contributed by atoms with E-state index in [-0.39, 0.29) is 23.9 Å². The molecule has 1 atom stereocenters. The van der Waals surface area contributed by atoms with Crippen LogP contribution in [0.3, 0.4) is 0 Å². The van der Waals surface area contributed by atoms with Gasteiger partial charge in [-0.2, -0.15) is 10.1 Å². The van der Waals surface area contributed by atoms with Gasteiger partial charge in [-0.1, -0.05) is 30.3 Å². The Morgan fingerprint density at radius 3 is 2.80 bits per heavy atom. The highest BCUT2D eigenvalue weighted by atomic mass is 16.5. The van der Waals surface area contributed by atoms with Gasteiger partial charge in [0.2, 0.25) is 5.95 Å². The van der Waals surface area contributed by atoms with E-state index in [2.05, 4.69) is 20.5 Å². The molecule has 2 aromatic carbocycles. The molecule has 0 aliphatic carbocycles. The van der Waals surface area contributed by atoms with Crippen molar-refractivity contribution in [2.45, 2.75) is 12.5 Å². The maximum Gasteiger partial charge on any atom is 0.339 e. The second kappa shape index (κ2) is 6.20. The summed E-state index contributed by atoms with van der Waals surface area (Å²) in [6, 6.07) is 14.5. The molecule has 0 bridgehead atoms. The smallest absolute Gasteiger partial charge is 0.339 e. The highest BCUT2D eigenvalue weighted by molar-refractivity contribution is 6.04. The number of cyclic esters (lactones) is 1. The highest BCUT2D eigenvalue weighted by Gasteiger charge is 2.28. The standard InChI is InChI=1S/C18H14N4O3/c23-16(21-18-19-10-20-22-18)12-6-7-14-13(8-12)9-15(25-17(14)24)11-4-2-1-3-5-11/h1-8,10,15H,9H2,(H2,19,20,21,22,23)/t15-/m1/s1. The zero-order valence-corrected chi connectivity index (χ0v) is 13.1. The molecule has 0 spiro atoms. The molecule has 1 aliphatic heterocycles. The van der Waals surface area contributed by atoms with Gasteiger partial charge in [0.1, 0.15) is 12.4 Å². The van der Waals surface area contributed by atoms with Crippen molar-refractivity contribution in [2.75, 3.05) is 5.32 Å². The maximum absolute atomic E-state index is 12.3. The fourth-order valence-electron chi connectivity index (χ4n) is 2.84. The van der Waals surface area contributed by atoms with E-state index in [0.29, 0.717) is 17.5 Å². The number of anilines is 1. The first-order valence-corrected chi connectivity index (χ1v) is 7.76. The molecule has 0 fully saturated rings. The maximum atomic E-state index is 12.3. The first-order chi connectivity index (χ1) is 12.2. The van der Waals surface area contributed by atoms with Crippen molar-refractivity contribution in [1.29, 1.82) is 0 Å². The molecule has 25 heavy (non-hydrogen) atoms. The average molecular weight is 334 g/mol. The van der Waals surface area contributed by atoms with Gasteiger partial charge in [0.25, 0.3) is 5.91 Å². The van der Waals surface area contributed by atoms with Gasteiger partial charge in [-0.15, -0.1) is 0 Å². The van der Waals surface area contributed by atoms with Crippen LogP contribution in [0.25, 0.3) is 0 Å². The normalized spacial score (nSPS) is 16.0. The summed E-state index contributed by atoms with van der Waals surface area (Å²) in [6.45, 7) is 0. The van der Waals surface area contributed by atoms with Crippen LogP contribution in [-0.2, 0) is 11.2 Å². The summed E-state index contributed by atoms with van der Waals surface area (Å²) in [5.74, 6) is -0.434. The third kappa shape index (κ3) is 2.99. The van der Waals surface area contributed by atoms with E-state index in [4.69, 9.17) is 4.74 Å². The Morgan fingerprint density at radius 1 is 1.20 bits per heavy atom. The van der Waals surface area contributed by atoms with Gasteiger partial charge in [0.15, 0.2) is 0 Å². The molecule has 1 amide bonds. The minimum absolute atomic E-state index is 0.268. The van der Waals surface area contributed by atoms with Crippen LogP contribution >= 0.6 is 0 Å². The van der Waals surface area contributed by atoms with Crippen molar-refractivity contribution >= 4 is 17.8 Å². The molecule has 2 heterocycles.